The fourth-order valence-corrected chi connectivity index (χ4v) is 0.989. The number of fused-ring (bicyclic) bond motifs is 1. The molecule has 1 radical (unpaired) electrons. The molecule has 0 unspecified atom stereocenters. The van der Waals surface area contributed by atoms with Crippen molar-refractivity contribution in [3.05, 3.63) is 30.7 Å². The molecule has 2 aromatic heterocycles. The van der Waals surface area contributed by atoms with Gasteiger partial charge in [-0.3, -0.25) is 10.1 Å². The van der Waals surface area contributed by atoms with Crippen molar-refractivity contribution in [2.24, 2.45) is 0 Å². The molecule has 0 saturated heterocycles. The van der Waals surface area contributed by atoms with Gasteiger partial charge in [-0.1, -0.05) is 0 Å². The summed E-state index contributed by atoms with van der Waals surface area (Å²) in [6.07, 6.45) is 4.73. The summed E-state index contributed by atoms with van der Waals surface area (Å²) in [4.78, 5) is 7.51. The Morgan fingerprint density at radius 2 is 2.09 bits per heavy atom. The minimum Gasteiger partial charge on any atom is -0.267 e. The van der Waals surface area contributed by atoms with Crippen LogP contribution in [-0.4, -0.2) is 9.97 Å². The van der Waals surface area contributed by atoms with Gasteiger partial charge < -0.3 is 0 Å². The van der Waals surface area contributed by atoms with E-state index in [1.165, 1.54) is 6.20 Å². The lowest BCUT2D eigenvalue weighted by molar-refractivity contribution is 0.343. The van der Waals surface area contributed by atoms with Crippen LogP contribution < -0.4 is 0 Å². The van der Waals surface area contributed by atoms with Gasteiger partial charge >= 0.3 is 0 Å². The Bertz CT molecular complexity index is 381. The molecular formula is C8H5N2O. The van der Waals surface area contributed by atoms with Gasteiger partial charge in [0.1, 0.15) is 0 Å². The van der Waals surface area contributed by atoms with Crippen LogP contribution in [0.4, 0.5) is 0 Å². The van der Waals surface area contributed by atoms with E-state index in [4.69, 9.17) is 0 Å². The number of rotatable bonds is 0. The Balaban J connectivity index is 2.91. The summed E-state index contributed by atoms with van der Waals surface area (Å²) in [6.45, 7) is 0. The maximum Gasteiger partial charge on any atom is 0.277 e. The van der Waals surface area contributed by atoms with Crippen molar-refractivity contribution in [1.82, 2.24) is 9.97 Å². The molecule has 2 rings (SSSR count). The fraction of sp³-hybridized carbons (Fsp3) is 0. The SMILES string of the molecule is [O]c1nccc2cnccc12. The van der Waals surface area contributed by atoms with Gasteiger partial charge in [0.15, 0.2) is 0 Å². The van der Waals surface area contributed by atoms with Gasteiger partial charge in [-0.2, -0.15) is 0 Å². The summed E-state index contributed by atoms with van der Waals surface area (Å²) in [5, 5.41) is 12.5. The second-order valence-electron chi connectivity index (χ2n) is 2.21. The first-order chi connectivity index (χ1) is 5.38. The maximum atomic E-state index is 11.0. The molecule has 0 N–H and O–H groups in total. The normalized spacial score (nSPS) is 10.2. The predicted molar refractivity (Wildman–Crippen MR) is 39.7 cm³/mol. The molecule has 0 amide bonds. The van der Waals surface area contributed by atoms with E-state index >= 15 is 0 Å². The third-order valence-corrected chi connectivity index (χ3v) is 1.53. The van der Waals surface area contributed by atoms with Gasteiger partial charge in [0, 0.05) is 24.0 Å². The second-order valence-corrected chi connectivity index (χ2v) is 2.21. The average molecular weight is 145 g/mol. The molecule has 2 heterocycles. The van der Waals surface area contributed by atoms with Crippen molar-refractivity contribution in [1.29, 1.82) is 0 Å². The highest BCUT2D eigenvalue weighted by Crippen LogP contribution is 2.19. The highest BCUT2D eigenvalue weighted by molar-refractivity contribution is 5.85. The lowest BCUT2D eigenvalue weighted by Crippen LogP contribution is -1.77. The van der Waals surface area contributed by atoms with E-state index in [0.717, 1.165) is 5.39 Å². The van der Waals surface area contributed by atoms with E-state index in [9.17, 15) is 5.11 Å². The first-order valence-electron chi connectivity index (χ1n) is 3.24. The summed E-state index contributed by atoms with van der Waals surface area (Å²) < 4.78 is 0. The number of aromatic nitrogens is 2. The molecule has 0 aliphatic carbocycles. The van der Waals surface area contributed by atoms with Crippen LogP contribution in [-0.2, 0) is 5.11 Å². The minimum atomic E-state index is -0.190. The third-order valence-electron chi connectivity index (χ3n) is 1.53. The highest BCUT2D eigenvalue weighted by atomic mass is 16.3. The molecule has 0 fully saturated rings. The van der Waals surface area contributed by atoms with Crippen molar-refractivity contribution in [2.45, 2.75) is 0 Å². The molecule has 0 atom stereocenters. The van der Waals surface area contributed by atoms with E-state index in [-0.39, 0.29) is 5.88 Å². The van der Waals surface area contributed by atoms with Gasteiger partial charge in [-0.05, 0) is 12.1 Å². The smallest absolute Gasteiger partial charge is 0.267 e. The standard InChI is InChI=1S/C8H5N2O/c11-8-7-2-3-9-5-6(7)1-4-10-8/h1-5H. The average Bonchev–Trinajstić information content (AvgIpc) is 2.06. The van der Waals surface area contributed by atoms with Crippen molar-refractivity contribution in [3.8, 4) is 5.88 Å². The van der Waals surface area contributed by atoms with Crippen LogP contribution in [0, 0.1) is 0 Å². The molecule has 3 nitrogen and oxygen atoms in total. The summed E-state index contributed by atoms with van der Waals surface area (Å²) in [5.74, 6) is -0.190. The number of hydrogen-bond acceptors (Lipinski definition) is 2. The minimum absolute atomic E-state index is 0.190. The van der Waals surface area contributed by atoms with E-state index in [0.29, 0.717) is 5.39 Å². The van der Waals surface area contributed by atoms with Crippen molar-refractivity contribution >= 4 is 10.8 Å². The van der Waals surface area contributed by atoms with Crippen molar-refractivity contribution < 1.29 is 5.11 Å². The maximum absolute atomic E-state index is 11.0. The number of pyridine rings is 2. The largest absolute Gasteiger partial charge is 0.277 e. The monoisotopic (exact) mass is 145 g/mol. The predicted octanol–water partition coefficient (Wildman–Crippen LogP) is 1.77. The van der Waals surface area contributed by atoms with E-state index in [1.807, 2.05) is 0 Å². The Hall–Kier alpha value is -1.64. The van der Waals surface area contributed by atoms with E-state index < -0.39 is 0 Å². The van der Waals surface area contributed by atoms with Crippen molar-refractivity contribution in [3.63, 3.8) is 0 Å². The third kappa shape index (κ3) is 0.902. The van der Waals surface area contributed by atoms with Crippen LogP contribution in [0.25, 0.3) is 10.8 Å². The van der Waals surface area contributed by atoms with Crippen LogP contribution in [0.2, 0.25) is 0 Å². The Morgan fingerprint density at radius 1 is 1.18 bits per heavy atom. The summed E-state index contributed by atoms with van der Waals surface area (Å²) >= 11 is 0. The van der Waals surface area contributed by atoms with Crippen LogP contribution in [0.5, 0.6) is 5.88 Å². The molecule has 11 heavy (non-hydrogen) atoms. The number of hydrogen-bond donors (Lipinski definition) is 0. The lowest BCUT2D eigenvalue weighted by Gasteiger charge is -1.93. The molecule has 0 aliphatic rings. The zero-order valence-electron chi connectivity index (χ0n) is 5.69. The van der Waals surface area contributed by atoms with Gasteiger partial charge in [-0.25, -0.2) is 4.98 Å². The van der Waals surface area contributed by atoms with Gasteiger partial charge in [0.25, 0.3) is 5.88 Å². The van der Waals surface area contributed by atoms with E-state index in [2.05, 4.69) is 9.97 Å². The molecule has 3 heteroatoms. The van der Waals surface area contributed by atoms with Gasteiger partial charge in [0.2, 0.25) is 0 Å². The second kappa shape index (κ2) is 2.20. The molecular weight excluding hydrogens is 140 g/mol. The topological polar surface area (TPSA) is 45.7 Å². The first kappa shape index (κ1) is 6.09. The highest BCUT2D eigenvalue weighted by Gasteiger charge is 1.99. The molecule has 0 bridgehead atoms. The van der Waals surface area contributed by atoms with Crippen LogP contribution >= 0.6 is 0 Å². The Labute approximate surface area is 63.3 Å². The molecule has 0 aromatic carbocycles. The van der Waals surface area contributed by atoms with Gasteiger partial charge in [0.05, 0.1) is 5.39 Å². The molecule has 0 spiro atoms. The Morgan fingerprint density at radius 3 is 2.91 bits per heavy atom. The molecule has 0 saturated carbocycles. The zero-order valence-corrected chi connectivity index (χ0v) is 5.69. The fourth-order valence-electron chi connectivity index (χ4n) is 0.989. The van der Waals surface area contributed by atoms with E-state index in [1.54, 1.807) is 24.5 Å². The van der Waals surface area contributed by atoms with Crippen LogP contribution in [0.1, 0.15) is 0 Å². The first-order valence-corrected chi connectivity index (χ1v) is 3.24. The molecule has 0 aliphatic heterocycles. The Kier molecular flexibility index (Phi) is 1.22. The van der Waals surface area contributed by atoms with Crippen molar-refractivity contribution in [2.75, 3.05) is 0 Å². The number of nitrogens with zero attached hydrogens (tertiary/aromatic N) is 2. The van der Waals surface area contributed by atoms with Crippen LogP contribution in [0.15, 0.2) is 30.7 Å². The van der Waals surface area contributed by atoms with Gasteiger partial charge in [-0.15, -0.1) is 0 Å². The summed E-state index contributed by atoms with van der Waals surface area (Å²) in [5.41, 5.74) is 0. The lowest BCUT2D eigenvalue weighted by atomic mass is 10.2. The molecule has 53 valence electrons. The van der Waals surface area contributed by atoms with Crippen LogP contribution in [0.3, 0.4) is 0 Å². The summed E-state index contributed by atoms with van der Waals surface area (Å²) in [6, 6.07) is 3.44. The quantitative estimate of drug-likeness (QED) is 0.567. The zero-order chi connectivity index (χ0) is 7.68. The molecule has 2 aromatic rings. The summed E-state index contributed by atoms with van der Waals surface area (Å²) in [7, 11) is 0.